The third-order valence-electron chi connectivity index (χ3n) is 10.3. The lowest BCUT2D eigenvalue weighted by Gasteiger charge is -2.38. The van der Waals surface area contributed by atoms with Crippen molar-refractivity contribution in [3.8, 4) is 0 Å². The molecule has 6 rings (SSSR count). The number of ketones is 2. The number of carbonyl (C=O) groups excluding carboxylic acids is 5. The van der Waals surface area contributed by atoms with Gasteiger partial charge in [-0.1, -0.05) is 12.1 Å². The predicted molar refractivity (Wildman–Crippen MR) is 207 cm³/mol. The van der Waals surface area contributed by atoms with Gasteiger partial charge in [-0.15, -0.1) is 0 Å². The van der Waals surface area contributed by atoms with Crippen LogP contribution in [0.1, 0.15) is 121 Å². The fourth-order valence-corrected chi connectivity index (χ4v) is 7.47. The molecule has 2 aliphatic carbocycles. The van der Waals surface area contributed by atoms with E-state index in [9.17, 15) is 24.0 Å². The van der Waals surface area contributed by atoms with Gasteiger partial charge in [0.2, 0.25) is 5.91 Å². The maximum absolute atomic E-state index is 13.0. The van der Waals surface area contributed by atoms with Gasteiger partial charge in [0.1, 0.15) is 22.8 Å². The fraction of sp³-hybridized carbons (Fsp3) is 0.643. The molecule has 0 radical (unpaired) electrons. The number of aryl methyl sites for hydroxylation is 2. The molecular weight excluding hydrogens is 700 g/mol. The van der Waals surface area contributed by atoms with Crippen molar-refractivity contribution >= 4 is 29.7 Å². The second kappa shape index (κ2) is 18.0. The third kappa shape index (κ3) is 12.3. The van der Waals surface area contributed by atoms with Crippen LogP contribution in [0.2, 0.25) is 0 Å². The Morgan fingerprint density at radius 2 is 1.11 bits per heavy atom. The van der Waals surface area contributed by atoms with Crippen molar-refractivity contribution in [2.75, 3.05) is 26.2 Å². The summed E-state index contributed by atoms with van der Waals surface area (Å²) in [5.41, 5.74) is 4.43. The first-order valence-electron chi connectivity index (χ1n) is 19.9. The largest absolute Gasteiger partial charge is 0.444 e. The number of likely N-dealkylation sites (tertiary alicyclic amines) is 1. The molecule has 2 aromatic heterocycles. The lowest BCUT2D eigenvalue weighted by Crippen LogP contribution is -2.49. The van der Waals surface area contributed by atoms with Crippen molar-refractivity contribution in [3.05, 3.63) is 58.2 Å². The normalized spacial score (nSPS) is 18.0. The number of piperidine rings is 2. The van der Waals surface area contributed by atoms with Crippen molar-refractivity contribution in [1.82, 2.24) is 30.0 Å². The third-order valence-corrected chi connectivity index (χ3v) is 10.3. The molecule has 0 aromatic carbocycles. The van der Waals surface area contributed by atoms with E-state index < -0.39 is 11.2 Å². The van der Waals surface area contributed by atoms with Crippen molar-refractivity contribution in [2.24, 2.45) is 0 Å². The Hall–Kier alpha value is -4.39. The molecule has 4 aliphatic rings. The zero-order valence-corrected chi connectivity index (χ0v) is 33.9. The highest BCUT2D eigenvalue weighted by molar-refractivity contribution is 5.83. The summed E-state index contributed by atoms with van der Waals surface area (Å²) in [4.78, 5) is 75.7. The van der Waals surface area contributed by atoms with E-state index in [1.165, 1.54) is 0 Å². The monoisotopic (exact) mass is 760 g/mol. The smallest absolute Gasteiger partial charge is 0.410 e. The second-order valence-electron chi connectivity index (χ2n) is 17.2. The summed E-state index contributed by atoms with van der Waals surface area (Å²) in [7, 11) is 0. The van der Waals surface area contributed by atoms with E-state index in [2.05, 4.69) is 16.4 Å². The highest BCUT2D eigenvalue weighted by atomic mass is 16.6. The molecule has 3 amide bonds. The van der Waals surface area contributed by atoms with E-state index >= 15 is 0 Å². The van der Waals surface area contributed by atoms with Gasteiger partial charge in [-0.25, -0.2) is 9.59 Å². The zero-order valence-electron chi connectivity index (χ0n) is 33.9. The SMILES string of the molecule is CC(=O)N1CCC(N(Cc2ccc3c(n2)CC(=O)CC3)C(=O)OC(C)(C)C)CC1.CC(C)(C)OC(=O)N(Cc1ccc2c(n1)CC(=O)CC2)C1CCNCC1. The maximum atomic E-state index is 13.0. The molecular formula is C42H60N6O7. The van der Waals surface area contributed by atoms with Crippen LogP contribution < -0.4 is 5.32 Å². The number of hydrogen-bond acceptors (Lipinski definition) is 10. The first kappa shape index (κ1) is 41.8. The van der Waals surface area contributed by atoms with Gasteiger partial charge in [-0.05, 0) is 116 Å². The van der Waals surface area contributed by atoms with E-state index in [-0.39, 0.29) is 41.7 Å². The van der Waals surface area contributed by atoms with Crippen molar-refractivity contribution in [3.63, 3.8) is 0 Å². The summed E-state index contributed by atoms with van der Waals surface area (Å²) in [6.45, 7) is 16.6. The minimum Gasteiger partial charge on any atom is -0.444 e. The van der Waals surface area contributed by atoms with Crippen LogP contribution in [0.25, 0.3) is 0 Å². The Bertz CT molecular complexity index is 1720. The quantitative estimate of drug-likeness (QED) is 0.399. The van der Waals surface area contributed by atoms with Gasteiger partial charge in [0, 0.05) is 57.8 Å². The second-order valence-corrected chi connectivity index (χ2v) is 17.2. The zero-order chi connectivity index (χ0) is 39.9. The van der Waals surface area contributed by atoms with Crippen LogP contribution in [-0.2, 0) is 62.6 Å². The summed E-state index contributed by atoms with van der Waals surface area (Å²) < 4.78 is 11.3. The van der Waals surface area contributed by atoms with Gasteiger partial charge in [-0.2, -0.15) is 0 Å². The molecule has 0 unspecified atom stereocenters. The van der Waals surface area contributed by atoms with Crippen LogP contribution in [0.3, 0.4) is 0 Å². The van der Waals surface area contributed by atoms with Gasteiger partial charge in [0.05, 0.1) is 35.9 Å². The molecule has 4 heterocycles. The Balaban J connectivity index is 0.000000212. The van der Waals surface area contributed by atoms with Gasteiger partial charge in [-0.3, -0.25) is 34.2 Å². The highest BCUT2D eigenvalue weighted by Gasteiger charge is 2.33. The number of amides is 3. The first-order chi connectivity index (χ1) is 25.9. The minimum atomic E-state index is -0.592. The van der Waals surface area contributed by atoms with Crippen LogP contribution in [0.5, 0.6) is 0 Å². The molecule has 2 aromatic rings. The lowest BCUT2D eigenvalue weighted by molar-refractivity contribution is -0.130. The molecule has 300 valence electrons. The summed E-state index contributed by atoms with van der Waals surface area (Å²) in [6.07, 6.45) is 6.03. The number of nitrogens with one attached hydrogen (secondary N) is 1. The molecule has 0 atom stereocenters. The number of Topliss-reactive ketones (excluding diaryl/α,β-unsaturated/α-hetero) is 2. The van der Waals surface area contributed by atoms with Gasteiger partial charge in [0.25, 0.3) is 0 Å². The van der Waals surface area contributed by atoms with Crippen molar-refractivity contribution < 1.29 is 33.4 Å². The molecule has 2 aliphatic heterocycles. The van der Waals surface area contributed by atoms with Crippen LogP contribution in [0.4, 0.5) is 9.59 Å². The standard InChI is InChI=1S/C22H31N3O4.C20H29N3O3/c1-15(26)24-11-9-18(10-12-24)25(21(28)29-22(2,3)4)14-17-7-5-16-6-8-19(27)13-20(16)23-17;1-20(2,3)26-19(25)23(16-8-10-21-11-9-16)13-15-6-4-14-5-7-17(24)12-18(14)22-15/h5,7,18H,6,8-14H2,1-4H3;4,6,16,21H,5,7-13H2,1-3H3. The minimum absolute atomic E-state index is 0.0140. The van der Waals surface area contributed by atoms with Gasteiger partial charge >= 0.3 is 12.2 Å². The Morgan fingerprint density at radius 1 is 0.691 bits per heavy atom. The number of pyridine rings is 2. The molecule has 2 fully saturated rings. The Morgan fingerprint density at radius 3 is 1.51 bits per heavy atom. The molecule has 0 saturated carbocycles. The highest BCUT2D eigenvalue weighted by Crippen LogP contribution is 2.25. The average molecular weight is 761 g/mol. The van der Waals surface area contributed by atoms with Gasteiger partial charge < -0.3 is 19.7 Å². The molecule has 0 spiro atoms. The molecule has 2 saturated heterocycles. The number of carbonyl (C=O) groups is 5. The molecule has 1 N–H and O–H groups in total. The number of aromatic nitrogens is 2. The van der Waals surface area contributed by atoms with E-state index in [0.29, 0.717) is 64.7 Å². The molecule has 13 heteroatoms. The summed E-state index contributed by atoms with van der Waals surface area (Å²) in [5, 5.41) is 3.33. The summed E-state index contributed by atoms with van der Waals surface area (Å²) in [5.74, 6) is 0.514. The molecule has 13 nitrogen and oxygen atoms in total. The molecule has 55 heavy (non-hydrogen) atoms. The van der Waals surface area contributed by atoms with E-state index in [4.69, 9.17) is 14.5 Å². The molecule has 0 bridgehead atoms. The Kier molecular flexibility index (Phi) is 13.7. The van der Waals surface area contributed by atoms with Crippen LogP contribution in [0, 0.1) is 0 Å². The van der Waals surface area contributed by atoms with E-state index in [0.717, 1.165) is 72.7 Å². The number of nitrogens with zero attached hydrogens (tertiary/aromatic N) is 5. The topological polar surface area (TPSA) is 151 Å². The van der Waals surface area contributed by atoms with Gasteiger partial charge in [0.15, 0.2) is 0 Å². The maximum Gasteiger partial charge on any atom is 0.410 e. The Labute approximate surface area is 325 Å². The number of ether oxygens (including phenoxy) is 2. The van der Waals surface area contributed by atoms with Crippen LogP contribution in [-0.4, -0.2) is 104 Å². The number of hydrogen-bond donors (Lipinski definition) is 1. The van der Waals surface area contributed by atoms with Crippen molar-refractivity contribution in [2.45, 2.75) is 149 Å². The number of rotatable bonds is 6. The van der Waals surface area contributed by atoms with Crippen molar-refractivity contribution in [1.29, 1.82) is 0 Å². The first-order valence-corrected chi connectivity index (χ1v) is 19.9. The predicted octanol–water partition coefficient (Wildman–Crippen LogP) is 5.52. The number of fused-ring (bicyclic) bond motifs is 2. The summed E-state index contributed by atoms with van der Waals surface area (Å²) in [6, 6.07) is 8.13. The average Bonchev–Trinajstić information content (AvgIpc) is 3.11. The van der Waals surface area contributed by atoms with Crippen LogP contribution in [0.15, 0.2) is 24.3 Å². The fourth-order valence-electron chi connectivity index (χ4n) is 7.47. The summed E-state index contributed by atoms with van der Waals surface area (Å²) >= 11 is 0. The van der Waals surface area contributed by atoms with E-state index in [1.54, 1.807) is 11.8 Å². The van der Waals surface area contributed by atoms with Crippen LogP contribution >= 0.6 is 0 Å². The van der Waals surface area contributed by atoms with E-state index in [1.807, 2.05) is 69.5 Å². The lowest BCUT2D eigenvalue weighted by atomic mass is 9.95.